The predicted octanol–water partition coefficient (Wildman–Crippen LogP) is 0.312. The van der Waals surface area contributed by atoms with Crippen molar-refractivity contribution in [3.8, 4) is 0 Å². The molecule has 15 heavy (non-hydrogen) atoms. The third-order valence-electron chi connectivity index (χ3n) is 2.05. The molecule has 0 radical (unpaired) electrons. The van der Waals surface area contributed by atoms with Gasteiger partial charge in [0.2, 0.25) is 5.91 Å². The summed E-state index contributed by atoms with van der Waals surface area (Å²) in [4.78, 5) is 22.0. The van der Waals surface area contributed by atoms with Gasteiger partial charge in [-0.05, 0) is 13.8 Å². The first-order valence-electron chi connectivity index (χ1n) is 4.70. The number of hydrogen-bond acceptors (Lipinski definition) is 3. The van der Waals surface area contributed by atoms with E-state index in [4.69, 9.17) is 9.84 Å². The molecule has 0 aromatic carbocycles. The van der Waals surface area contributed by atoms with Gasteiger partial charge in [0.15, 0.2) is 0 Å². The topological polar surface area (TPSA) is 75.6 Å². The van der Waals surface area contributed by atoms with E-state index in [0.717, 1.165) is 5.57 Å². The number of carboxylic acids is 1. The second-order valence-corrected chi connectivity index (χ2v) is 4.05. The normalized spacial score (nSPS) is 17.5. The van der Waals surface area contributed by atoms with Gasteiger partial charge in [0.1, 0.15) is 0 Å². The van der Waals surface area contributed by atoms with Crippen molar-refractivity contribution in [2.75, 3.05) is 13.2 Å². The monoisotopic (exact) mass is 213 g/mol. The van der Waals surface area contributed by atoms with Crippen LogP contribution in [0.2, 0.25) is 0 Å². The molecule has 0 aliphatic carbocycles. The van der Waals surface area contributed by atoms with Crippen LogP contribution < -0.4 is 5.32 Å². The number of nitrogens with one attached hydrogen (secondary N) is 1. The summed E-state index contributed by atoms with van der Waals surface area (Å²) in [5, 5.41) is 11.4. The van der Waals surface area contributed by atoms with Gasteiger partial charge < -0.3 is 15.2 Å². The lowest BCUT2D eigenvalue weighted by molar-refractivity contribution is -0.148. The Morgan fingerprint density at radius 2 is 2.07 bits per heavy atom. The highest BCUT2D eigenvalue weighted by Gasteiger charge is 2.41. The fourth-order valence-electron chi connectivity index (χ4n) is 1.42. The maximum Gasteiger partial charge on any atom is 0.305 e. The fraction of sp³-hybridized carbons (Fsp3) is 0.600. The van der Waals surface area contributed by atoms with Gasteiger partial charge in [-0.2, -0.15) is 0 Å². The number of ether oxygens (including phenoxy) is 1. The average Bonchev–Trinajstić information content (AvgIpc) is 1.97. The lowest BCUT2D eigenvalue weighted by atomic mass is 9.93. The van der Waals surface area contributed by atoms with E-state index in [2.05, 4.69) is 5.32 Å². The first kappa shape index (κ1) is 11.7. The molecule has 5 heteroatoms. The van der Waals surface area contributed by atoms with Crippen LogP contribution in [0.15, 0.2) is 11.6 Å². The summed E-state index contributed by atoms with van der Waals surface area (Å²) in [5.74, 6) is -1.20. The molecule has 84 valence electrons. The van der Waals surface area contributed by atoms with Crippen molar-refractivity contribution in [1.82, 2.24) is 5.32 Å². The van der Waals surface area contributed by atoms with Gasteiger partial charge in [-0.1, -0.05) is 5.57 Å². The Morgan fingerprint density at radius 3 is 2.40 bits per heavy atom. The van der Waals surface area contributed by atoms with E-state index in [1.54, 1.807) is 13.8 Å². The van der Waals surface area contributed by atoms with Crippen LogP contribution in [0.4, 0.5) is 0 Å². The molecule has 5 nitrogen and oxygen atoms in total. The number of carbonyl (C=O) groups is 2. The third kappa shape index (κ3) is 3.36. The summed E-state index contributed by atoms with van der Waals surface area (Å²) in [6.45, 7) is 4.14. The van der Waals surface area contributed by atoms with Crippen LogP contribution in [-0.4, -0.2) is 35.7 Å². The van der Waals surface area contributed by atoms with Crippen LogP contribution in [0.25, 0.3) is 0 Å². The van der Waals surface area contributed by atoms with E-state index in [0.29, 0.717) is 0 Å². The molecule has 1 amide bonds. The Bertz CT molecular complexity index is 301. The Morgan fingerprint density at radius 1 is 1.47 bits per heavy atom. The van der Waals surface area contributed by atoms with Crippen molar-refractivity contribution in [3.63, 3.8) is 0 Å². The lowest BCUT2D eigenvalue weighted by Crippen LogP contribution is -2.62. The molecular weight excluding hydrogens is 198 g/mol. The van der Waals surface area contributed by atoms with Crippen molar-refractivity contribution in [2.45, 2.75) is 25.8 Å². The average molecular weight is 213 g/mol. The van der Waals surface area contributed by atoms with Gasteiger partial charge in [-0.3, -0.25) is 9.59 Å². The van der Waals surface area contributed by atoms with Crippen LogP contribution >= 0.6 is 0 Å². The number of aliphatic carboxylic acids is 1. The molecule has 0 saturated carbocycles. The molecular formula is C10H15NO4. The van der Waals surface area contributed by atoms with Crippen LogP contribution in [-0.2, 0) is 14.3 Å². The first-order chi connectivity index (χ1) is 6.93. The van der Waals surface area contributed by atoms with E-state index in [1.165, 1.54) is 6.08 Å². The minimum absolute atomic E-state index is 0.102. The van der Waals surface area contributed by atoms with Crippen molar-refractivity contribution in [3.05, 3.63) is 11.6 Å². The van der Waals surface area contributed by atoms with E-state index in [9.17, 15) is 9.59 Å². The largest absolute Gasteiger partial charge is 0.481 e. The van der Waals surface area contributed by atoms with Crippen LogP contribution in [0.3, 0.4) is 0 Å². The van der Waals surface area contributed by atoms with Crippen molar-refractivity contribution >= 4 is 11.9 Å². The molecule has 0 unspecified atom stereocenters. The van der Waals surface area contributed by atoms with Crippen LogP contribution in [0, 0.1) is 0 Å². The molecule has 1 saturated heterocycles. The Labute approximate surface area is 88.1 Å². The third-order valence-corrected chi connectivity index (χ3v) is 2.05. The number of carboxylic acid groups (broad SMARTS) is 1. The Hall–Kier alpha value is -1.36. The van der Waals surface area contributed by atoms with Gasteiger partial charge in [0, 0.05) is 6.08 Å². The minimum Gasteiger partial charge on any atom is -0.481 e. The van der Waals surface area contributed by atoms with Gasteiger partial charge >= 0.3 is 5.97 Å². The summed E-state index contributed by atoms with van der Waals surface area (Å²) in [5.41, 5.74) is 0.160. The van der Waals surface area contributed by atoms with E-state index < -0.39 is 11.5 Å². The number of carbonyl (C=O) groups excluding carboxylic acids is 1. The summed E-state index contributed by atoms with van der Waals surface area (Å²) >= 11 is 0. The molecule has 2 N–H and O–H groups in total. The van der Waals surface area contributed by atoms with Crippen molar-refractivity contribution in [1.29, 1.82) is 0 Å². The van der Waals surface area contributed by atoms with Gasteiger partial charge in [0.25, 0.3) is 0 Å². The summed E-state index contributed by atoms with van der Waals surface area (Å²) in [6.07, 6.45) is 1.34. The van der Waals surface area contributed by atoms with Gasteiger partial charge in [0.05, 0.1) is 25.2 Å². The highest BCUT2D eigenvalue weighted by molar-refractivity contribution is 5.89. The second-order valence-electron chi connectivity index (χ2n) is 4.05. The first-order valence-corrected chi connectivity index (χ1v) is 4.70. The Kier molecular flexibility index (Phi) is 3.47. The zero-order valence-electron chi connectivity index (χ0n) is 8.87. The zero-order chi connectivity index (χ0) is 11.5. The van der Waals surface area contributed by atoms with E-state index in [1.807, 2.05) is 0 Å². The molecule has 1 aliphatic heterocycles. The van der Waals surface area contributed by atoms with Gasteiger partial charge in [-0.25, -0.2) is 0 Å². The van der Waals surface area contributed by atoms with Crippen LogP contribution in [0.1, 0.15) is 20.3 Å². The summed E-state index contributed by atoms with van der Waals surface area (Å²) in [7, 11) is 0. The Balaban J connectivity index is 2.57. The molecule has 1 fully saturated rings. The van der Waals surface area contributed by atoms with Crippen LogP contribution in [0.5, 0.6) is 0 Å². The molecule has 1 aliphatic rings. The summed E-state index contributed by atoms with van der Waals surface area (Å²) in [6, 6.07) is 0. The maximum absolute atomic E-state index is 11.4. The zero-order valence-corrected chi connectivity index (χ0v) is 8.87. The van der Waals surface area contributed by atoms with Crippen molar-refractivity contribution < 1.29 is 19.4 Å². The van der Waals surface area contributed by atoms with Gasteiger partial charge in [-0.15, -0.1) is 0 Å². The SMILES string of the molecule is CC(C)=CC(=O)NC1(CC(=O)O)COC1. The summed E-state index contributed by atoms with van der Waals surface area (Å²) < 4.78 is 4.95. The highest BCUT2D eigenvalue weighted by Crippen LogP contribution is 2.21. The fourth-order valence-corrected chi connectivity index (χ4v) is 1.42. The molecule has 0 spiro atoms. The minimum atomic E-state index is -0.934. The molecule has 0 aromatic heterocycles. The van der Waals surface area contributed by atoms with E-state index >= 15 is 0 Å². The highest BCUT2D eigenvalue weighted by atomic mass is 16.5. The molecule has 1 heterocycles. The van der Waals surface area contributed by atoms with Crippen molar-refractivity contribution in [2.24, 2.45) is 0 Å². The smallest absolute Gasteiger partial charge is 0.305 e. The predicted molar refractivity (Wildman–Crippen MR) is 53.4 cm³/mol. The number of allylic oxidation sites excluding steroid dienone is 1. The van der Waals surface area contributed by atoms with E-state index in [-0.39, 0.29) is 25.5 Å². The molecule has 0 atom stereocenters. The molecule has 0 bridgehead atoms. The number of rotatable bonds is 4. The maximum atomic E-state index is 11.4. The second kappa shape index (κ2) is 4.44. The number of amides is 1. The molecule has 1 rings (SSSR count). The molecule has 0 aromatic rings. The standard InChI is InChI=1S/C10H15NO4/c1-7(2)3-8(12)11-10(4-9(13)14)5-15-6-10/h3H,4-6H2,1-2H3,(H,11,12)(H,13,14). The lowest BCUT2D eigenvalue weighted by Gasteiger charge is -2.40. The number of hydrogen-bond donors (Lipinski definition) is 2. The quantitative estimate of drug-likeness (QED) is 0.659.